The standard InChI is InChI=1S/C19H27ClN2O5/c1-19(2,3)27-18(24)22-8-6-12(7-9-22)17(23)21-14-11-15(25-4)13(20)10-16(14)26-5/h10-12H,6-9H2,1-5H3,(H,21,23). The number of rotatable bonds is 4. The van der Waals surface area contributed by atoms with Crippen LogP contribution in [0.1, 0.15) is 33.6 Å². The largest absolute Gasteiger partial charge is 0.495 e. The molecule has 2 rings (SSSR count). The fourth-order valence-electron chi connectivity index (χ4n) is 2.84. The van der Waals surface area contributed by atoms with Crippen molar-refractivity contribution < 1.29 is 23.8 Å². The van der Waals surface area contributed by atoms with Crippen molar-refractivity contribution in [3.8, 4) is 11.5 Å². The van der Waals surface area contributed by atoms with Crippen molar-refractivity contribution in [2.24, 2.45) is 5.92 Å². The summed E-state index contributed by atoms with van der Waals surface area (Å²) in [6, 6.07) is 3.23. The lowest BCUT2D eigenvalue weighted by Gasteiger charge is -2.33. The van der Waals surface area contributed by atoms with E-state index in [4.69, 9.17) is 25.8 Å². The molecule has 27 heavy (non-hydrogen) atoms. The van der Waals surface area contributed by atoms with Crippen LogP contribution < -0.4 is 14.8 Å². The minimum Gasteiger partial charge on any atom is -0.495 e. The van der Waals surface area contributed by atoms with Crippen LogP contribution in [-0.2, 0) is 9.53 Å². The molecule has 2 amide bonds. The van der Waals surface area contributed by atoms with Crippen molar-refractivity contribution in [3.05, 3.63) is 17.2 Å². The number of ether oxygens (including phenoxy) is 3. The Balaban J connectivity index is 1.98. The van der Waals surface area contributed by atoms with E-state index in [1.165, 1.54) is 14.2 Å². The first-order chi connectivity index (χ1) is 12.6. The molecule has 1 fully saturated rings. The van der Waals surface area contributed by atoms with E-state index in [2.05, 4.69) is 5.32 Å². The fraction of sp³-hybridized carbons (Fsp3) is 0.579. The van der Waals surface area contributed by atoms with Gasteiger partial charge in [-0.1, -0.05) is 11.6 Å². The highest BCUT2D eigenvalue weighted by molar-refractivity contribution is 6.32. The van der Waals surface area contributed by atoms with Crippen LogP contribution in [0, 0.1) is 5.92 Å². The quantitative estimate of drug-likeness (QED) is 0.831. The van der Waals surface area contributed by atoms with Crippen molar-refractivity contribution in [2.45, 2.75) is 39.2 Å². The first-order valence-electron chi connectivity index (χ1n) is 8.85. The van der Waals surface area contributed by atoms with Crippen LogP contribution in [0.2, 0.25) is 5.02 Å². The average Bonchev–Trinajstić information content (AvgIpc) is 2.61. The molecule has 1 aliphatic rings. The van der Waals surface area contributed by atoms with Gasteiger partial charge in [0, 0.05) is 31.1 Å². The number of piperidine rings is 1. The lowest BCUT2D eigenvalue weighted by Crippen LogP contribution is -2.43. The van der Waals surface area contributed by atoms with E-state index in [0.29, 0.717) is 48.1 Å². The summed E-state index contributed by atoms with van der Waals surface area (Å²) in [6.45, 7) is 6.46. The highest BCUT2D eigenvalue weighted by Gasteiger charge is 2.30. The molecule has 7 nitrogen and oxygen atoms in total. The lowest BCUT2D eigenvalue weighted by atomic mass is 9.96. The van der Waals surface area contributed by atoms with E-state index in [0.717, 1.165) is 0 Å². The van der Waals surface area contributed by atoms with E-state index in [9.17, 15) is 9.59 Å². The molecule has 0 bridgehead atoms. The molecule has 1 aromatic carbocycles. The number of carbonyl (C=O) groups excluding carboxylic acids is 2. The molecule has 0 aromatic heterocycles. The van der Waals surface area contributed by atoms with Gasteiger partial charge < -0.3 is 24.4 Å². The van der Waals surface area contributed by atoms with Crippen molar-refractivity contribution in [1.82, 2.24) is 4.90 Å². The monoisotopic (exact) mass is 398 g/mol. The molecule has 0 radical (unpaired) electrons. The third-order valence-electron chi connectivity index (χ3n) is 4.25. The predicted molar refractivity (Wildman–Crippen MR) is 104 cm³/mol. The summed E-state index contributed by atoms with van der Waals surface area (Å²) in [6.07, 6.45) is 0.793. The molecule has 0 spiro atoms. The topological polar surface area (TPSA) is 77.1 Å². The van der Waals surface area contributed by atoms with Crippen LogP contribution in [0.25, 0.3) is 0 Å². The van der Waals surface area contributed by atoms with Crippen LogP contribution in [-0.4, -0.2) is 49.8 Å². The van der Waals surface area contributed by atoms with E-state index in [1.807, 2.05) is 20.8 Å². The van der Waals surface area contributed by atoms with Gasteiger partial charge in [0.05, 0.1) is 24.9 Å². The molecule has 0 aliphatic carbocycles. The number of amides is 2. The van der Waals surface area contributed by atoms with Gasteiger partial charge in [0.1, 0.15) is 17.1 Å². The highest BCUT2D eigenvalue weighted by Crippen LogP contribution is 2.36. The molecule has 150 valence electrons. The van der Waals surface area contributed by atoms with Gasteiger partial charge in [-0.15, -0.1) is 0 Å². The molecule has 1 heterocycles. The molecular formula is C19H27ClN2O5. The second-order valence-electron chi connectivity index (χ2n) is 7.42. The zero-order valence-corrected chi connectivity index (χ0v) is 17.2. The van der Waals surface area contributed by atoms with E-state index < -0.39 is 5.60 Å². The van der Waals surface area contributed by atoms with Crippen molar-refractivity contribution >= 4 is 29.3 Å². The van der Waals surface area contributed by atoms with Crippen molar-refractivity contribution in [3.63, 3.8) is 0 Å². The van der Waals surface area contributed by atoms with Crippen LogP contribution in [0.15, 0.2) is 12.1 Å². The summed E-state index contributed by atoms with van der Waals surface area (Å²) in [4.78, 5) is 26.4. The maximum absolute atomic E-state index is 12.7. The second kappa shape index (κ2) is 8.69. The number of halogens is 1. The van der Waals surface area contributed by atoms with E-state index >= 15 is 0 Å². The summed E-state index contributed by atoms with van der Waals surface area (Å²) in [7, 11) is 3.01. The molecule has 0 unspecified atom stereocenters. The SMILES string of the molecule is COc1cc(NC(=O)C2CCN(C(=O)OC(C)(C)C)CC2)c(OC)cc1Cl. The Morgan fingerprint density at radius 2 is 1.70 bits per heavy atom. The van der Waals surface area contributed by atoms with Gasteiger partial charge in [-0.05, 0) is 33.6 Å². The predicted octanol–water partition coefficient (Wildman–Crippen LogP) is 3.94. The zero-order valence-electron chi connectivity index (χ0n) is 16.4. The van der Waals surface area contributed by atoms with Gasteiger partial charge in [0.2, 0.25) is 5.91 Å². The number of benzene rings is 1. The number of hydrogen-bond donors (Lipinski definition) is 1. The van der Waals surface area contributed by atoms with E-state index in [1.54, 1.807) is 17.0 Å². The third kappa shape index (κ3) is 5.66. The molecule has 8 heteroatoms. The summed E-state index contributed by atoms with van der Waals surface area (Å²) in [5.74, 6) is 0.587. The minimum atomic E-state index is -0.532. The Morgan fingerprint density at radius 1 is 1.11 bits per heavy atom. The lowest BCUT2D eigenvalue weighted by molar-refractivity contribution is -0.121. The number of likely N-dealkylation sites (tertiary alicyclic amines) is 1. The molecule has 1 aliphatic heterocycles. The Morgan fingerprint density at radius 3 is 2.22 bits per heavy atom. The summed E-state index contributed by atoms with van der Waals surface area (Å²) < 4.78 is 15.9. The first-order valence-corrected chi connectivity index (χ1v) is 9.22. The van der Waals surface area contributed by atoms with Crippen LogP contribution in [0.3, 0.4) is 0 Å². The molecule has 1 aromatic rings. The number of anilines is 1. The fourth-order valence-corrected chi connectivity index (χ4v) is 3.07. The van der Waals surface area contributed by atoms with Gasteiger partial charge in [-0.25, -0.2) is 4.79 Å². The number of nitrogens with one attached hydrogen (secondary N) is 1. The van der Waals surface area contributed by atoms with Crippen molar-refractivity contribution in [2.75, 3.05) is 32.6 Å². The van der Waals surface area contributed by atoms with Gasteiger partial charge in [-0.3, -0.25) is 4.79 Å². The van der Waals surface area contributed by atoms with Gasteiger partial charge >= 0.3 is 6.09 Å². The number of hydrogen-bond acceptors (Lipinski definition) is 5. The van der Waals surface area contributed by atoms with Crippen LogP contribution in [0.4, 0.5) is 10.5 Å². The maximum Gasteiger partial charge on any atom is 0.410 e. The molecular weight excluding hydrogens is 372 g/mol. The maximum atomic E-state index is 12.7. The molecule has 0 saturated carbocycles. The Labute approximate surface area is 164 Å². The zero-order chi connectivity index (χ0) is 20.2. The van der Waals surface area contributed by atoms with Gasteiger partial charge in [0.15, 0.2) is 0 Å². The Bertz CT molecular complexity index is 694. The summed E-state index contributed by atoms with van der Waals surface area (Å²) in [5.41, 5.74) is -0.0338. The average molecular weight is 399 g/mol. The Hall–Kier alpha value is -2.15. The molecule has 1 N–H and O–H groups in total. The van der Waals surface area contributed by atoms with Gasteiger partial charge in [-0.2, -0.15) is 0 Å². The van der Waals surface area contributed by atoms with Crippen LogP contribution >= 0.6 is 11.6 Å². The van der Waals surface area contributed by atoms with E-state index in [-0.39, 0.29) is 17.9 Å². The highest BCUT2D eigenvalue weighted by atomic mass is 35.5. The van der Waals surface area contributed by atoms with Crippen LogP contribution in [0.5, 0.6) is 11.5 Å². The number of carbonyl (C=O) groups is 2. The number of methoxy groups -OCH3 is 2. The number of nitrogens with zero attached hydrogens (tertiary/aromatic N) is 1. The van der Waals surface area contributed by atoms with Gasteiger partial charge in [0.25, 0.3) is 0 Å². The minimum absolute atomic E-state index is 0.124. The molecule has 1 saturated heterocycles. The van der Waals surface area contributed by atoms with Crippen molar-refractivity contribution in [1.29, 1.82) is 0 Å². The Kier molecular flexibility index (Phi) is 6.81. The first kappa shape index (κ1) is 21.2. The summed E-state index contributed by atoms with van der Waals surface area (Å²) >= 11 is 6.09. The third-order valence-corrected chi connectivity index (χ3v) is 4.54. The smallest absolute Gasteiger partial charge is 0.410 e. The summed E-state index contributed by atoms with van der Waals surface area (Å²) in [5, 5.41) is 3.28. The second-order valence-corrected chi connectivity index (χ2v) is 7.83. The normalized spacial score (nSPS) is 15.3. The molecule has 0 atom stereocenters.